The summed E-state index contributed by atoms with van der Waals surface area (Å²) in [6.45, 7) is 5.95. The standard InChI is InChI=1S/C15H20BrN3O2/c1-4-15(5-2)14(21)18-10(3)13(20)19(15)9-12-7-6-11(16)8-17-12/h6-8,10H,4-5,9H2,1-3H3,(H,18,21). The predicted molar refractivity (Wildman–Crippen MR) is 83.4 cm³/mol. The molecule has 114 valence electrons. The summed E-state index contributed by atoms with van der Waals surface area (Å²) in [5, 5.41) is 2.79. The van der Waals surface area contributed by atoms with Crippen LogP contribution in [0.25, 0.3) is 0 Å². The second-order valence-electron chi connectivity index (χ2n) is 5.33. The molecule has 1 aliphatic heterocycles. The fourth-order valence-electron chi connectivity index (χ4n) is 2.80. The number of pyridine rings is 1. The van der Waals surface area contributed by atoms with E-state index >= 15 is 0 Å². The molecule has 1 aliphatic rings. The van der Waals surface area contributed by atoms with Gasteiger partial charge in [-0.1, -0.05) is 13.8 Å². The summed E-state index contributed by atoms with van der Waals surface area (Å²) < 4.78 is 0.888. The number of hydrogen-bond acceptors (Lipinski definition) is 3. The summed E-state index contributed by atoms with van der Waals surface area (Å²) in [5.41, 5.74) is -0.00189. The van der Waals surface area contributed by atoms with Crippen LogP contribution in [-0.4, -0.2) is 33.3 Å². The lowest BCUT2D eigenvalue weighted by Crippen LogP contribution is -2.69. The zero-order valence-electron chi connectivity index (χ0n) is 12.5. The minimum Gasteiger partial charge on any atom is -0.343 e. The Kier molecular flexibility index (Phi) is 4.66. The van der Waals surface area contributed by atoms with E-state index in [2.05, 4.69) is 26.2 Å². The minimum atomic E-state index is -0.779. The number of piperazine rings is 1. The molecule has 0 aromatic carbocycles. The van der Waals surface area contributed by atoms with Crippen LogP contribution in [-0.2, 0) is 16.1 Å². The Balaban J connectivity index is 2.36. The Bertz CT molecular complexity index is 540. The minimum absolute atomic E-state index is 0.0528. The van der Waals surface area contributed by atoms with Crippen molar-refractivity contribution in [2.24, 2.45) is 0 Å². The Labute approximate surface area is 133 Å². The monoisotopic (exact) mass is 353 g/mol. The van der Waals surface area contributed by atoms with Crippen molar-refractivity contribution in [2.45, 2.75) is 51.7 Å². The van der Waals surface area contributed by atoms with Crippen LogP contribution in [0.1, 0.15) is 39.3 Å². The van der Waals surface area contributed by atoms with E-state index in [1.54, 1.807) is 18.0 Å². The molecule has 6 heteroatoms. The van der Waals surface area contributed by atoms with Gasteiger partial charge in [-0.05, 0) is 47.8 Å². The molecule has 1 fully saturated rings. The van der Waals surface area contributed by atoms with Gasteiger partial charge in [-0.3, -0.25) is 14.6 Å². The van der Waals surface area contributed by atoms with Crippen LogP contribution in [0.4, 0.5) is 0 Å². The maximum absolute atomic E-state index is 12.5. The fraction of sp³-hybridized carbons (Fsp3) is 0.533. The van der Waals surface area contributed by atoms with Gasteiger partial charge in [-0.25, -0.2) is 0 Å². The van der Waals surface area contributed by atoms with Crippen LogP contribution >= 0.6 is 15.9 Å². The van der Waals surface area contributed by atoms with Gasteiger partial charge in [0.15, 0.2) is 0 Å². The first-order valence-corrected chi connectivity index (χ1v) is 7.96. The van der Waals surface area contributed by atoms with Crippen molar-refractivity contribution in [3.05, 3.63) is 28.5 Å². The van der Waals surface area contributed by atoms with Crippen LogP contribution < -0.4 is 5.32 Å². The Morgan fingerprint density at radius 1 is 1.33 bits per heavy atom. The summed E-state index contributed by atoms with van der Waals surface area (Å²) >= 11 is 3.34. The number of hydrogen-bond donors (Lipinski definition) is 1. The molecule has 2 heterocycles. The van der Waals surface area contributed by atoms with Crippen molar-refractivity contribution in [3.8, 4) is 0 Å². The fourth-order valence-corrected chi connectivity index (χ4v) is 3.04. The Morgan fingerprint density at radius 2 is 2.00 bits per heavy atom. The van der Waals surface area contributed by atoms with Gasteiger partial charge >= 0.3 is 0 Å². The quantitative estimate of drug-likeness (QED) is 0.902. The zero-order valence-corrected chi connectivity index (χ0v) is 14.1. The van der Waals surface area contributed by atoms with Gasteiger partial charge in [-0.2, -0.15) is 0 Å². The maximum Gasteiger partial charge on any atom is 0.246 e. The highest BCUT2D eigenvalue weighted by Crippen LogP contribution is 2.30. The molecule has 2 amide bonds. The van der Waals surface area contributed by atoms with Gasteiger partial charge < -0.3 is 10.2 Å². The van der Waals surface area contributed by atoms with E-state index in [0.717, 1.165) is 10.2 Å². The lowest BCUT2D eigenvalue weighted by Gasteiger charge is -2.46. The molecule has 0 bridgehead atoms. The van der Waals surface area contributed by atoms with Gasteiger partial charge in [0, 0.05) is 10.7 Å². The van der Waals surface area contributed by atoms with Gasteiger partial charge in [0.05, 0.1) is 12.2 Å². The molecular formula is C15H20BrN3O2. The lowest BCUT2D eigenvalue weighted by atomic mass is 9.86. The van der Waals surface area contributed by atoms with E-state index in [-0.39, 0.29) is 11.8 Å². The molecule has 0 aliphatic carbocycles. The van der Waals surface area contributed by atoms with Crippen LogP contribution in [0.3, 0.4) is 0 Å². The number of aromatic nitrogens is 1. The highest BCUT2D eigenvalue weighted by Gasteiger charge is 2.49. The summed E-state index contributed by atoms with van der Waals surface area (Å²) in [6.07, 6.45) is 2.88. The van der Waals surface area contributed by atoms with E-state index in [9.17, 15) is 9.59 Å². The molecular weight excluding hydrogens is 334 g/mol. The smallest absolute Gasteiger partial charge is 0.246 e. The van der Waals surface area contributed by atoms with Crippen molar-refractivity contribution >= 4 is 27.7 Å². The van der Waals surface area contributed by atoms with E-state index in [1.807, 2.05) is 26.0 Å². The lowest BCUT2D eigenvalue weighted by molar-refractivity contribution is -0.158. The third-order valence-electron chi connectivity index (χ3n) is 4.20. The van der Waals surface area contributed by atoms with Crippen molar-refractivity contribution in [1.29, 1.82) is 0 Å². The van der Waals surface area contributed by atoms with Gasteiger partial charge in [-0.15, -0.1) is 0 Å². The van der Waals surface area contributed by atoms with Crippen LogP contribution in [0, 0.1) is 0 Å². The second kappa shape index (κ2) is 6.13. The largest absolute Gasteiger partial charge is 0.343 e. The van der Waals surface area contributed by atoms with E-state index in [0.29, 0.717) is 19.4 Å². The average Bonchev–Trinajstić information content (AvgIpc) is 2.48. The first kappa shape index (κ1) is 15.9. The number of halogens is 1. The molecule has 1 saturated heterocycles. The van der Waals surface area contributed by atoms with Crippen LogP contribution in [0.15, 0.2) is 22.8 Å². The number of nitrogens with one attached hydrogen (secondary N) is 1. The SMILES string of the molecule is CCC1(CC)C(=O)NC(C)C(=O)N1Cc1ccc(Br)cn1. The van der Waals surface area contributed by atoms with Gasteiger partial charge in [0.25, 0.3) is 0 Å². The Morgan fingerprint density at radius 3 is 2.52 bits per heavy atom. The van der Waals surface area contributed by atoms with Crippen molar-refractivity contribution in [3.63, 3.8) is 0 Å². The number of nitrogens with zero attached hydrogens (tertiary/aromatic N) is 2. The molecule has 5 nitrogen and oxygen atoms in total. The van der Waals surface area contributed by atoms with E-state index < -0.39 is 11.6 Å². The highest BCUT2D eigenvalue weighted by molar-refractivity contribution is 9.10. The molecule has 0 saturated carbocycles. The number of amides is 2. The third-order valence-corrected chi connectivity index (χ3v) is 4.67. The summed E-state index contributed by atoms with van der Waals surface area (Å²) in [5.74, 6) is -0.125. The summed E-state index contributed by atoms with van der Waals surface area (Å²) in [4.78, 5) is 31.0. The third kappa shape index (κ3) is 2.81. The predicted octanol–water partition coefficient (Wildman–Crippen LogP) is 2.25. The van der Waals surface area contributed by atoms with E-state index in [1.165, 1.54) is 0 Å². The first-order chi connectivity index (χ1) is 9.94. The van der Waals surface area contributed by atoms with Crippen LogP contribution in [0.2, 0.25) is 0 Å². The second-order valence-corrected chi connectivity index (χ2v) is 6.24. The van der Waals surface area contributed by atoms with Gasteiger partial charge in [0.2, 0.25) is 11.8 Å². The molecule has 1 atom stereocenters. The molecule has 1 aromatic heterocycles. The number of carbonyl (C=O) groups is 2. The maximum atomic E-state index is 12.5. The molecule has 1 N–H and O–H groups in total. The molecule has 0 radical (unpaired) electrons. The molecule has 0 spiro atoms. The normalized spacial score (nSPS) is 21.3. The van der Waals surface area contributed by atoms with Crippen LogP contribution in [0.5, 0.6) is 0 Å². The average molecular weight is 354 g/mol. The number of rotatable bonds is 4. The molecule has 1 aromatic rings. The van der Waals surface area contributed by atoms with Gasteiger partial charge in [0.1, 0.15) is 11.6 Å². The topological polar surface area (TPSA) is 62.3 Å². The van der Waals surface area contributed by atoms with Crippen molar-refractivity contribution in [1.82, 2.24) is 15.2 Å². The number of carbonyl (C=O) groups excluding carboxylic acids is 2. The first-order valence-electron chi connectivity index (χ1n) is 7.17. The molecule has 21 heavy (non-hydrogen) atoms. The molecule has 2 rings (SSSR count). The zero-order chi connectivity index (χ0) is 15.6. The Hall–Kier alpha value is -1.43. The van der Waals surface area contributed by atoms with Crippen molar-refractivity contribution < 1.29 is 9.59 Å². The highest BCUT2D eigenvalue weighted by atomic mass is 79.9. The van der Waals surface area contributed by atoms with E-state index in [4.69, 9.17) is 0 Å². The summed E-state index contributed by atoms with van der Waals surface area (Å²) in [7, 11) is 0. The van der Waals surface area contributed by atoms with Crippen molar-refractivity contribution in [2.75, 3.05) is 0 Å². The summed E-state index contributed by atoms with van der Waals surface area (Å²) in [6, 6.07) is 3.27. The molecule has 1 unspecified atom stereocenters.